The van der Waals surface area contributed by atoms with Gasteiger partial charge in [-0.25, -0.2) is 19.3 Å². The highest BCUT2D eigenvalue weighted by atomic mass is 79.9. The number of hydrogen-bond acceptors (Lipinski definition) is 8. The topological polar surface area (TPSA) is 132 Å². The molecule has 4 heterocycles. The smallest absolute Gasteiger partial charge is 0.248 e. The monoisotopic (exact) mass is 723 g/mol. The average Bonchev–Trinajstić information content (AvgIpc) is 3.54. The van der Waals surface area contributed by atoms with Crippen LogP contribution in [0.4, 0.5) is 10.2 Å². The summed E-state index contributed by atoms with van der Waals surface area (Å²) in [6.45, 7) is 12.6. The summed E-state index contributed by atoms with van der Waals surface area (Å²) in [5.74, 6) is -0.449. The second kappa shape index (κ2) is 13.0. The van der Waals surface area contributed by atoms with E-state index in [0.717, 1.165) is 11.1 Å². The van der Waals surface area contributed by atoms with Crippen molar-refractivity contribution in [2.75, 3.05) is 18.5 Å². The highest BCUT2D eigenvalue weighted by molar-refractivity contribution is 9.10. The lowest BCUT2D eigenvalue weighted by molar-refractivity contribution is -0.137. The van der Waals surface area contributed by atoms with Gasteiger partial charge in [0.05, 0.1) is 18.7 Å². The number of carbonyl (C=O) groups excluding carboxylic acids is 3. The third kappa shape index (κ3) is 7.49. The summed E-state index contributed by atoms with van der Waals surface area (Å²) in [6, 6.07) is 9.34. The second-order valence-corrected chi connectivity index (χ2v) is 19.2. The molecule has 248 valence electrons. The first-order chi connectivity index (χ1) is 22.0. The molecule has 1 N–H and O–H groups in total. The molecular formula is C33H39BrFN7O4Si. The molecule has 11 nitrogen and oxygen atoms in total. The summed E-state index contributed by atoms with van der Waals surface area (Å²) in [5, 5.41) is 7.63. The van der Waals surface area contributed by atoms with E-state index in [-0.39, 0.29) is 48.5 Å². The number of likely N-dealkylation sites (tertiary alicyclic amines) is 1. The molecule has 0 radical (unpaired) electrons. The molecule has 4 aromatic rings. The molecule has 14 heteroatoms. The average molecular weight is 725 g/mol. The van der Waals surface area contributed by atoms with Crippen LogP contribution in [0.1, 0.15) is 50.4 Å². The minimum atomic E-state index is -2.33. The van der Waals surface area contributed by atoms with Gasteiger partial charge in [0.1, 0.15) is 34.5 Å². The first-order valence-corrected chi connectivity index (χ1v) is 19.0. The van der Waals surface area contributed by atoms with E-state index < -0.39 is 31.8 Å². The van der Waals surface area contributed by atoms with Gasteiger partial charge in [-0.3, -0.25) is 19.1 Å². The maximum absolute atomic E-state index is 16.6. The standard InChI is InChI=1S/C33H39BrFN7O4Si/c1-20(43)30-24-13-22(23-15-36-21(2)37-16-23)11-12-25(24)42(40-30)17-29(44)41-18-33(35,19-46-47(6,7)32(3,4)5)14-26(41)31(45)39-28-10-8-9-27(34)38-28/h8-13,15-16,26H,14,17-19H2,1-7H3,(H,38,39,45)/t26-,33+/m0/s1. The van der Waals surface area contributed by atoms with Crippen molar-refractivity contribution < 1.29 is 23.2 Å². The molecule has 0 unspecified atom stereocenters. The van der Waals surface area contributed by atoms with Crippen LogP contribution in [0.15, 0.2) is 53.4 Å². The molecule has 1 saturated heterocycles. The van der Waals surface area contributed by atoms with Crippen molar-refractivity contribution in [1.29, 1.82) is 0 Å². The van der Waals surface area contributed by atoms with E-state index >= 15 is 4.39 Å². The fraction of sp³-hybridized carbons (Fsp3) is 0.424. The number of pyridine rings is 1. The Labute approximate surface area is 282 Å². The van der Waals surface area contributed by atoms with Crippen LogP contribution in [0, 0.1) is 6.92 Å². The molecule has 2 atom stereocenters. The third-order valence-corrected chi connectivity index (χ3v) is 13.9. The Hall–Kier alpha value is -3.88. The SMILES string of the molecule is CC(=O)c1nn(CC(=O)N2C[C@@](F)(CO[Si](C)(C)C(C)(C)C)C[C@H]2C(=O)Nc2cccc(Br)n2)c2ccc(-c3cnc(C)nc3)cc12. The number of aromatic nitrogens is 5. The van der Waals surface area contributed by atoms with Crippen LogP contribution < -0.4 is 5.32 Å². The summed E-state index contributed by atoms with van der Waals surface area (Å²) in [5.41, 5.74) is 0.334. The molecule has 1 aromatic carbocycles. The van der Waals surface area contributed by atoms with Crippen LogP contribution in [0.3, 0.4) is 0 Å². The van der Waals surface area contributed by atoms with Gasteiger partial charge in [-0.05, 0) is 70.8 Å². The van der Waals surface area contributed by atoms with Crippen molar-refractivity contribution >= 4 is 58.6 Å². The molecule has 0 saturated carbocycles. The zero-order valence-corrected chi connectivity index (χ0v) is 30.2. The summed E-state index contributed by atoms with van der Waals surface area (Å²) < 4.78 is 24.8. The van der Waals surface area contributed by atoms with Gasteiger partial charge in [0.2, 0.25) is 11.8 Å². The number of carbonyl (C=O) groups is 3. The van der Waals surface area contributed by atoms with Gasteiger partial charge in [0.25, 0.3) is 0 Å². The van der Waals surface area contributed by atoms with Crippen molar-refractivity contribution in [3.8, 4) is 11.1 Å². The highest BCUT2D eigenvalue weighted by Gasteiger charge is 2.51. The van der Waals surface area contributed by atoms with E-state index in [1.54, 1.807) is 43.6 Å². The van der Waals surface area contributed by atoms with Crippen molar-refractivity contribution in [1.82, 2.24) is 29.6 Å². The molecule has 47 heavy (non-hydrogen) atoms. The van der Waals surface area contributed by atoms with E-state index in [9.17, 15) is 14.4 Å². The van der Waals surface area contributed by atoms with Gasteiger partial charge in [-0.15, -0.1) is 0 Å². The number of nitrogens with one attached hydrogen (secondary N) is 1. The zero-order chi connectivity index (χ0) is 34.3. The Morgan fingerprint density at radius 1 is 1.13 bits per heavy atom. The van der Waals surface area contributed by atoms with Crippen LogP contribution in [0.2, 0.25) is 18.1 Å². The number of alkyl halides is 1. The van der Waals surface area contributed by atoms with E-state index in [4.69, 9.17) is 4.43 Å². The maximum Gasteiger partial charge on any atom is 0.248 e. The molecule has 1 aliphatic heterocycles. The Morgan fingerprint density at radius 3 is 2.47 bits per heavy atom. The highest BCUT2D eigenvalue weighted by Crippen LogP contribution is 2.39. The van der Waals surface area contributed by atoms with Crippen LogP contribution in [0.25, 0.3) is 22.0 Å². The number of aryl methyl sites for hydroxylation is 1. The third-order valence-electron chi connectivity index (χ3n) is 8.96. The predicted octanol–water partition coefficient (Wildman–Crippen LogP) is 6.13. The van der Waals surface area contributed by atoms with E-state index in [1.807, 2.05) is 25.2 Å². The molecule has 1 fully saturated rings. The second-order valence-electron chi connectivity index (χ2n) is 13.6. The lowest BCUT2D eigenvalue weighted by atomic mass is 10.0. The van der Waals surface area contributed by atoms with Gasteiger partial charge in [-0.2, -0.15) is 5.10 Å². The number of anilines is 1. The Kier molecular flexibility index (Phi) is 9.50. The first kappa shape index (κ1) is 34.5. The number of halogens is 2. The molecule has 1 aliphatic rings. The molecule has 3 aromatic heterocycles. The lowest BCUT2D eigenvalue weighted by Crippen LogP contribution is -2.46. The molecule has 0 spiro atoms. The summed E-state index contributed by atoms with van der Waals surface area (Å²) in [4.78, 5) is 54.3. The fourth-order valence-electron chi connectivity index (χ4n) is 5.25. The normalized spacial score (nSPS) is 18.5. The number of benzene rings is 1. The Morgan fingerprint density at radius 2 is 1.83 bits per heavy atom. The lowest BCUT2D eigenvalue weighted by Gasteiger charge is -2.37. The minimum absolute atomic E-state index is 0.150. The first-order valence-electron chi connectivity index (χ1n) is 15.3. The van der Waals surface area contributed by atoms with Gasteiger partial charge in [-0.1, -0.05) is 32.9 Å². The largest absolute Gasteiger partial charge is 0.413 e. The summed E-state index contributed by atoms with van der Waals surface area (Å²) in [7, 11) is -2.33. The van der Waals surface area contributed by atoms with E-state index in [1.165, 1.54) is 16.5 Å². The fourth-order valence-corrected chi connectivity index (χ4v) is 6.65. The maximum atomic E-state index is 16.6. The summed E-state index contributed by atoms with van der Waals surface area (Å²) in [6.07, 6.45) is 3.16. The molecule has 0 bridgehead atoms. The van der Waals surface area contributed by atoms with Crippen molar-refractivity contribution in [2.45, 2.75) is 77.4 Å². The Balaban J connectivity index is 1.45. The molecule has 5 rings (SSSR count). The number of fused-ring (bicyclic) bond motifs is 1. The van der Waals surface area contributed by atoms with Crippen molar-refractivity contribution in [3.05, 3.63) is 64.9 Å². The van der Waals surface area contributed by atoms with Gasteiger partial charge >= 0.3 is 0 Å². The number of Topliss-reactive ketones (excluding diaryl/α,β-unsaturated/α-hetero) is 1. The zero-order valence-electron chi connectivity index (χ0n) is 27.6. The van der Waals surface area contributed by atoms with Crippen LogP contribution in [-0.2, 0) is 20.6 Å². The molecule has 2 amide bonds. The van der Waals surface area contributed by atoms with Crippen molar-refractivity contribution in [3.63, 3.8) is 0 Å². The predicted molar refractivity (Wildman–Crippen MR) is 183 cm³/mol. The minimum Gasteiger partial charge on any atom is -0.413 e. The Bertz CT molecular complexity index is 1840. The molecule has 0 aliphatic carbocycles. The van der Waals surface area contributed by atoms with Gasteiger partial charge in [0.15, 0.2) is 19.8 Å². The van der Waals surface area contributed by atoms with E-state index in [2.05, 4.69) is 62.1 Å². The summed E-state index contributed by atoms with van der Waals surface area (Å²) >= 11 is 3.29. The van der Waals surface area contributed by atoms with Gasteiger partial charge < -0.3 is 14.6 Å². The number of rotatable bonds is 9. The van der Waals surface area contributed by atoms with Gasteiger partial charge in [0, 0.05) is 36.7 Å². The van der Waals surface area contributed by atoms with Crippen molar-refractivity contribution in [2.24, 2.45) is 0 Å². The van der Waals surface area contributed by atoms with Crippen LogP contribution >= 0.6 is 15.9 Å². The number of amides is 2. The number of nitrogens with zero attached hydrogens (tertiary/aromatic N) is 6. The van der Waals surface area contributed by atoms with E-state index in [0.29, 0.717) is 21.3 Å². The van der Waals surface area contributed by atoms with Crippen LogP contribution in [-0.4, -0.2) is 80.4 Å². The number of ketones is 1. The molecular weight excluding hydrogens is 685 g/mol. The van der Waals surface area contributed by atoms with Crippen LogP contribution in [0.5, 0.6) is 0 Å². The number of hydrogen-bond donors (Lipinski definition) is 1. The quantitative estimate of drug-likeness (QED) is 0.124.